The quantitative estimate of drug-likeness (QED) is 0.641. The van der Waals surface area contributed by atoms with Crippen LogP contribution in [0.4, 0.5) is 0 Å². The Labute approximate surface area is 139 Å². The van der Waals surface area contributed by atoms with Crippen LogP contribution < -0.4 is 5.32 Å². The summed E-state index contributed by atoms with van der Waals surface area (Å²) >= 11 is 5.95. The minimum atomic E-state index is -1.03. The predicted octanol–water partition coefficient (Wildman–Crippen LogP) is 2.30. The molecule has 1 fully saturated rings. The maximum Gasteiger partial charge on any atom is 0.337 e. The second-order valence-corrected chi connectivity index (χ2v) is 5.70. The summed E-state index contributed by atoms with van der Waals surface area (Å²) in [6, 6.07) is 6.41. The molecule has 23 heavy (non-hydrogen) atoms. The number of thiocarbonyl (C=S) groups is 1. The van der Waals surface area contributed by atoms with Crippen LogP contribution in [0.25, 0.3) is 6.08 Å². The first-order chi connectivity index (χ1) is 11.0. The standard InChI is InChI=1S/C14H8N2O5S2/c17-12-9(21-14(22)16-12)5-8-2-4-11(20-8)23-10-3-1-7(6-15-10)13(18)19/h1-6H,(H,18,19)(H,16,17,22)/b9-5-. The number of nitrogens with zero attached hydrogens (tertiary/aromatic N) is 1. The summed E-state index contributed by atoms with van der Waals surface area (Å²) in [7, 11) is 0. The molecule has 2 aromatic heterocycles. The third-order valence-electron chi connectivity index (χ3n) is 2.71. The summed E-state index contributed by atoms with van der Waals surface area (Å²) in [6.07, 6.45) is 2.70. The first-order valence-electron chi connectivity index (χ1n) is 6.23. The smallest absolute Gasteiger partial charge is 0.337 e. The molecule has 0 bridgehead atoms. The van der Waals surface area contributed by atoms with Crippen molar-refractivity contribution in [1.82, 2.24) is 10.3 Å². The lowest BCUT2D eigenvalue weighted by atomic mass is 10.3. The van der Waals surface area contributed by atoms with E-state index in [0.717, 1.165) is 0 Å². The van der Waals surface area contributed by atoms with Crippen molar-refractivity contribution in [2.45, 2.75) is 10.1 Å². The fraction of sp³-hybridized carbons (Fsp3) is 0. The topological polar surface area (TPSA) is 102 Å². The third-order valence-corrected chi connectivity index (χ3v) is 3.76. The molecule has 0 saturated carbocycles. The molecule has 116 valence electrons. The monoisotopic (exact) mass is 348 g/mol. The fourth-order valence-electron chi connectivity index (χ4n) is 1.69. The van der Waals surface area contributed by atoms with E-state index in [1.807, 2.05) is 0 Å². The summed E-state index contributed by atoms with van der Waals surface area (Å²) in [5.41, 5.74) is 0.111. The van der Waals surface area contributed by atoms with Gasteiger partial charge in [-0.25, -0.2) is 9.78 Å². The van der Waals surface area contributed by atoms with E-state index in [1.54, 1.807) is 18.2 Å². The number of hydrogen-bond donors (Lipinski definition) is 2. The van der Waals surface area contributed by atoms with Gasteiger partial charge in [0.25, 0.3) is 11.1 Å². The molecule has 7 nitrogen and oxygen atoms in total. The number of furan rings is 1. The SMILES string of the molecule is O=C1NC(=S)O/C1=C\c1ccc(Sc2ccc(C(=O)O)cn2)o1. The molecule has 0 aromatic carbocycles. The van der Waals surface area contributed by atoms with Gasteiger partial charge < -0.3 is 14.3 Å². The summed E-state index contributed by atoms with van der Waals surface area (Å²) in [6.45, 7) is 0. The van der Waals surface area contributed by atoms with Gasteiger partial charge in [0.05, 0.1) is 5.56 Å². The Morgan fingerprint density at radius 1 is 1.35 bits per heavy atom. The van der Waals surface area contributed by atoms with Crippen LogP contribution in [0.2, 0.25) is 0 Å². The van der Waals surface area contributed by atoms with Crippen molar-refractivity contribution in [3.63, 3.8) is 0 Å². The molecule has 0 spiro atoms. The van der Waals surface area contributed by atoms with Crippen molar-refractivity contribution in [1.29, 1.82) is 0 Å². The number of hydrogen-bond acceptors (Lipinski definition) is 7. The predicted molar refractivity (Wildman–Crippen MR) is 83.8 cm³/mol. The highest BCUT2D eigenvalue weighted by Gasteiger charge is 2.23. The summed E-state index contributed by atoms with van der Waals surface area (Å²) in [4.78, 5) is 26.3. The summed E-state index contributed by atoms with van der Waals surface area (Å²) < 4.78 is 10.6. The first kappa shape index (κ1) is 15.3. The molecule has 1 saturated heterocycles. The van der Waals surface area contributed by atoms with Gasteiger partial charge in [-0.2, -0.15) is 0 Å². The van der Waals surface area contributed by atoms with Crippen LogP contribution in [0.3, 0.4) is 0 Å². The Morgan fingerprint density at radius 2 is 2.17 bits per heavy atom. The molecule has 1 amide bonds. The number of carboxylic acids is 1. The number of ether oxygens (including phenoxy) is 1. The Hall–Kier alpha value is -2.65. The second-order valence-electron chi connectivity index (χ2n) is 4.30. The molecule has 1 aliphatic heterocycles. The van der Waals surface area contributed by atoms with E-state index < -0.39 is 11.9 Å². The maximum atomic E-state index is 11.5. The van der Waals surface area contributed by atoms with Crippen molar-refractivity contribution < 1.29 is 23.8 Å². The van der Waals surface area contributed by atoms with E-state index in [-0.39, 0.29) is 16.5 Å². The highest BCUT2D eigenvalue weighted by atomic mass is 32.2. The Kier molecular flexibility index (Phi) is 4.13. The van der Waals surface area contributed by atoms with E-state index >= 15 is 0 Å². The molecule has 2 N–H and O–H groups in total. The van der Waals surface area contributed by atoms with Gasteiger partial charge in [0.1, 0.15) is 10.8 Å². The van der Waals surface area contributed by atoms with Crippen molar-refractivity contribution in [2.24, 2.45) is 0 Å². The molecule has 2 aromatic rings. The first-order valence-corrected chi connectivity index (χ1v) is 7.45. The zero-order valence-corrected chi connectivity index (χ0v) is 12.9. The van der Waals surface area contributed by atoms with Gasteiger partial charge in [-0.15, -0.1) is 0 Å². The summed E-state index contributed by atoms with van der Waals surface area (Å²) in [5.74, 6) is -0.977. The highest BCUT2D eigenvalue weighted by molar-refractivity contribution is 7.99. The van der Waals surface area contributed by atoms with Crippen molar-refractivity contribution >= 4 is 47.1 Å². The van der Waals surface area contributed by atoms with Crippen LogP contribution in [0.1, 0.15) is 16.1 Å². The van der Waals surface area contributed by atoms with Gasteiger partial charge in [0.15, 0.2) is 10.9 Å². The molecule has 0 unspecified atom stereocenters. The maximum absolute atomic E-state index is 11.5. The molecule has 9 heteroatoms. The van der Waals surface area contributed by atoms with Crippen LogP contribution in [-0.2, 0) is 9.53 Å². The molecular formula is C14H8N2O5S2. The van der Waals surface area contributed by atoms with Crippen LogP contribution in [0, 0.1) is 0 Å². The molecule has 3 heterocycles. The Morgan fingerprint density at radius 3 is 2.78 bits per heavy atom. The summed E-state index contributed by atoms with van der Waals surface area (Å²) in [5, 5.41) is 12.3. The van der Waals surface area contributed by atoms with Gasteiger partial charge in [0, 0.05) is 12.3 Å². The number of rotatable bonds is 4. The number of pyridine rings is 1. The van der Waals surface area contributed by atoms with Gasteiger partial charge in [-0.3, -0.25) is 10.1 Å². The number of aromatic carboxylic acids is 1. The third kappa shape index (κ3) is 3.58. The fourth-order valence-corrected chi connectivity index (χ4v) is 2.59. The molecule has 3 rings (SSSR count). The molecule has 0 radical (unpaired) electrons. The average Bonchev–Trinajstić information content (AvgIpc) is 3.06. The lowest BCUT2D eigenvalue weighted by Gasteiger charge is -1.98. The lowest BCUT2D eigenvalue weighted by molar-refractivity contribution is -0.116. The van der Waals surface area contributed by atoms with Crippen molar-refractivity contribution in [3.05, 3.63) is 47.5 Å². The number of carbonyl (C=O) groups is 2. The zero-order chi connectivity index (χ0) is 16.4. The molecular weight excluding hydrogens is 340 g/mol. The van der Waals surface area contributed by atoms with Crippen LogP contribution in [-0.4, -0.2) is 27.1 Å². The number of carbonyl (C=O) groups excluding carboxylic acids is 1. The minimum Gasteiger partial charge on any atom is -0.478 e. The van der Waals surface area contributed by atoms with Crippen molar-refractivity contribution in [2.75, 3.05) is 0 Å². The number of amides is 1. The number of carboxylic acid groups (broad SMARTS) is 1. The van der Waals surface area contributed by atoms with Crippen LogP contribution in [0.5, 0.6) is 0 Å². The Bertz CT molecular complexity index is 826. The van der Waals surface area contributed by atoms with E-state index in [4.69, 9.17) is 26.5 Å². The lowest BCUT2D eigenvalue weighted by Crippen LogP contribution is -2.18. The largest absolute Gasteiger partial charge is 0.478 e. The normalized spacial score (nSPS) is 15.6. The average molecular weight is 348 g/mol. The van der Waals surface area contributed by atoms with Gasteiger partial charge in [-0.1, -0.05) is 0 Å². The molecule has 0 aliphatic carbocycles. The number of nitrogens with one attached hydrogen (secondary N) is 1. The van der Waals surface area contributed by atoms with E-state index in [1.165, 1.54) is 30.1 Å². The number of aromatic nitrogens is 1. The van der Waals surface area contributed by atoms with Gasteiger partial charge >= 0.3 is 5.97 Å². The highest BCUT2D eigenvalue weighted by Crippen LogP contribution is 2.28. The van der Waals surface area contributed by atoms with E-state index in [0.29, 0.717) is 15.9 Å². The van der Waals surface area contributed by atoms with Gasteiger partial charge in [-0.05, 0) is 48.2 Å². The van der Waals surface area contributed by atoms with Crippen LogP contribution in [0.15, 0.2) is 50.8 Å². The molecule has 1 aliphatic rings. The van der Waals surface area contributed by atoms with E-state index in [2.05, 4.69) is 10.3 Å². The zero-order valence-electron chi connectivity index (χ0n) is 11.3. The molecule has 0 atom stereocenters. The van der Waals surface area contributed by atoms with Crippen molar-refractivity contribution in [3.8, 4) is 0 Å². The second kappa shape index (κ2) is 6.23. The van der Waals surface area contributed by atoms with Gasteiger partial charge in [0.2, 0.25) is 0 Å². The Balaban J connectivity index is 1.72. The van der Waals surface area contributed by atoms with Crippen LogP contribution >= 0.6 is 24.0 Å². The minimum absolute atomic E-state index is 0.00475. The van der Waals surface area contributed by atoms with E-state index in [9.17, 15) is 9.59 Å².